The first-order valence-corrected chi connectivity index (χ1v) is 11.3. The van der Waals surface area contributed by atoms with Crippen molar-refractivity contribution < 1.29 is 8.78 Å². The van der Waals surface area contributed by atoms with Gasteiger partial charge in [0, 0.05) is 42.8 Å². The molecule has 1 saturated heterocycles. The van der Waals surface area contributed by atoms with Crippen LogP contribution in [-0.2, 0) is 12.0 Å². The second kappa shape index (κ2) is 7.60. The standard InChI is InChI=1S/C22H31F2N3S/c1-21(2,3)20-25-18-14-17(28-26-12-4-5-13-26)6-7-19(18)27(20)15-16-8-10-22(23,24)11-9-16/h6-7,14,16H,4-5,8-13,15H2,1-3H3. The Labute approximate surface area is 171 Å². The number of alkyl halides is 2. The largest absolute Gasteiger partial charge is 0.327 e. The van der Waals surface area contributed by atoms with Gasteiger partial charge in [0.2, 0.25) is 5.92 Å². The zero-order valence-electron chi connectivity index (χ0n) is 17.2. The Morgan fingerprint density at radius 3 is 2.46 bits per heavy atom. The SMILES string of the molecule is CC(C)(C)c1nc2cc(SN3CCCC3)ccc2n1CC1CCC(F)(F)CC1. The fourth-order valence-corrected chi connectivity index (χ4v) is 5.43. The molecule has 1 saturated carbocycles. The van der Waals surface area contributed by atoms with Crippen molar-refractivity contribution in [2.24, 2.45) is 5.92 Å². The van der Waals surface area contributed by atoms with Gasteiger partial charge in [0.25, 0.3) is 0 Å². The zero-order valence-corrected chi connectivity index (χ0v) is 18.0. The van der Waals surface area contributed by atoms with Gasteiger partial charge in [-0.15, -0.1) is 0 Å². The van der Waals surface area contributed by atoms with E-state index in [1.54, 1.807) is 0 Å². The van der Waals surface area contributed by atoms with Gasteiger partial charge in [0.05, 0.1) is 11.0 Å². The highest BCUT2D eigenvalue weighted by molar-refractivity contribution is 7.97. The van der Waals surface area contributed by atoms with Gasteiger partial charge in [-0.2, -0.15) is 0 Å². The first-order chi connectivity index (χ1) is 13.2. The summed E-state index contributed by atoms with van der Waals surface area (Å²) >= 11 is 1.82. The molecule has 1 aliphatic carbocycles. The average molecular weight is 408 g/mol. The third-order valence-electron chi connectivity index (χ3n) is 5.97. The number of halogens is 2. The molecule has 154 valence electrons. The molecule has 3 nitrogen and oxygen atoms in total. The van der Waals surface area contributed by atoms with Crippen LogP contribution in [0.1, 0.15) is 65.1 Å². The molecule has 1 aromatic carbocycles. The second-order valence-corrected chi connectivity index (χ2v) is 10.6. The first kappa shape index (κ1) is 20.1. The van der Waals surface area contributed by atoms with Gasteiger partial charge in [-0.05, 0) is 61.7 Å². The summed E-state index contributed by atoms with van der Waals surface area (Å²) in [7, 11) is 0. The highest BCUT2D eigenvalue weighted by atomic mass is 32.2. The molecule has 2 heterocycles. The molecular weight excluding hydrogens is 376 g/mol. The van der Waals surface area contributed by atoms with Crippen molar-refractivity contribution in [2.45, 2.75) is 82.1 Å². The third-order valence-corrected chi connectivity index (χ3v) is 7.06. The highest BCUT2D eigenvalue weighted by Crippen LogP contribution is 2.38. The molecule has 0 bridgehead atoms. The lowest BCUT2D eigenvalue weighted by Gasteiger charge is -2.30. The van der Waals surface area contributed by atoms with Gasteiger partial charge in [0.1, 0.15) is 5.82 Å². The molecule has 0 atom stereocenters. The molecule has 2 aromatic rings. The normalized spacial score (nSPS) is 21.6. The summed E-state index contributed by atoms with van der Waals surface area (Å²) in [5.41, 5.74) is 2.07. The van der Waals surface area contributed by atoms with Crippen LogP contribution in [0.5, 0.6) is 0 Å². The zero-order chi connectivity index (χ0) is 19.9. The molecule has 0 radical (unpaired) electrons. The van der Waals surface area contributed by atoms with Gasteiger partial charge < -0.3 is 4.57 Å². The number of imidazole rings is 1. The summed E-state index contributed by atoms with van der Waals surface area (Å²) in [6.45, 7) is 9.63. The molecular formula is C22H31F2N3S. The van der Waals surface area contributed by atoms with E-state index in [2.05, 4.69) is 47.8 Å². The maximum Gasteiger partial charge on any atom is 0.248 e. The molecule has 1 aromatic heterocycles. The van der Waals surface area contributed by atoms with Crippen LogP contribution in [-0.4, -0.2) is 32.9 Å². The van der Waals surface area contributed by atoms with Crippen LogP contribution in [0.25, 0.3) is 11.0 Å². The summed E-state index contributed by atoms with van der Waals surface area (Å²) < 4.78 is 31.8. The molecule has 2 fully saturated rings. The van der Waals surface area contributed by atoms with Crippen molar-refractivity contribution in [3.05, 3.63) is 24.0 Å². The maximum absolute atomic E-state index is 13.6. The molecule has 1 aliphatic heterocycles. The fourth-order valence-electron chi connectivity index (χ4n) is 4.39. The Bertz CT molecular complexity index is 824. The lowest BCUT2D eigenvalue weighted by atomic mass is 9.86. The van der Waals surface area contributed by atoms with E-state index in [4.69, 9.17) is 4.98 Å². The van der Waals surface area contributed by atoms with E-state index in [-0.39, 0.29) is 18.3 Å². The van der Waals surface area contributed by atoms with E-state index in [0.29, 0.717) is 18.8 Å². The van der Waals surface area contributed by atoms with Crippen molar-refractivity contribution in [1.82, 2.24) is 13.9 Å². The number of nitrogens with zero attached hydrogens (tertiary/aromatic N) is 3. The number of aromatic nitrogens is 2. The van der Waals surface area contributed by atoms with E-state index in [1.165, 1.54) is 17.7 Å². The van der Waals surface area contributed by atoms with E-state index < -0.39 is 5.92 Å². The molecule has 28 heavy (non-hydrogen) atoms. The lowest BCUT2D eigenvalue weighted by Crippen LogP contribution is -2.28. The molecule has 2 aliphatic rings. The number of hydrogen-bond donors (Lipinski definition) is 0. The first-order valence-electron chi connectivity index (χ1n) is 10.5. The van der Waals surface area contributed by atoms with Crippen molar-refractivity contribution in [1.29, 1.82) is 0 Å². The fraction of sp³-hybridized carbons (Fsp3) is 0.682. The Hall–Kier alpha value is -1.14. The van der Waals surface area contributed by atoms with Crippen molar-refractivity contribution in [3.63, 3.8) is 0 Å². The van der Waals surface area contributed by atoms with Crippen molar-refractivity contribution in [2.75, 3.05) is 13.1 Å². The third kappa shape index (κ3) is 4.38. The van der Waals surface area contributed by atoms with Gasteiger partial charge in [0.15, 0.2) is 0 Å². The summed E-state index contributed by atoms with van der Waals surface area (Å²) in [4.78, 5) is 6.23. The van der Waals surface area contributed by atoms with Crippen molar-refractivity contribution in [3.8, 4) is 0 Å². The van der Waals surface area contributed by atoms with Crippen LogP contribution in [0.3, 0.4) is 0 Å². The van der Waals surface area contributed by atoms with Gasteiger partial charge in [-0.1, -0.05) is 20.8 Å². The maximum atomic E-state index is 13.6. The Kier molecular flexibility index (Phi) is 5.47. The molecule has 0 N–H and O–H groups in total. The number of benzene rings is 1. The summed E-state index contributed by atoms with van der Waals surface area (Å²) in [6, 6.07) is 6.55. The molecule has 4 rings (SSSR count). The van der Waals surface area contributed by atoms with E-state index in [9.17, 15) is 8.78 Å². The second-order valence-electron chi connectivity index (χ2n) is 9.47. The average Bonchev–Trinajstić information content (AvgIpc) is 3.24. The quantitative estimate of drug-likeness (QED) is 0.558. The van der Waals surface area contributed by atoms with Crippen LogP contribution in [0.15, 0.2) is 23.1 Å². The van der Waals surface area contributed by atoms with Crippen LogP contribution < -0.4 is 0 Å². The monoisotopic (exact) mass is 407 g/mol. The van der Waals surface area contributed by atoms with E-state index >= 15 is 0 Å². The van der Waals surface area contributed by atoms with Crippen molar-refractivity contribution >= 4 is 23.0 Å². The Morgan fingerprint density at radius 1 is 1.14 bits per heavy atom. The molecule has 6 heteroatoms. The lowest BCUT2D eigenvalue weighted by molar-refractivity contribution is -0.0473. The summed E-state index contributed by atoms with van der Waals surface area (Å²) in [5, 5.41) is 0. The van der Waals surface area contributed by atoms with Crippen LogP contribution in [0, 0.1) is 5.92 Å². The minimum atomic E-state index is -2.47. The summed E-state index contributed by atoms with van der Waals surface area (Å²) in [5.74, 6) is -1.11. The smallest absolute Gasteiger partial charge is 0.248 e. The highest BCUT2D eigenvalue weighted by Gasteiger charge is 2.35. The Morgan fingerprint density at radius 2 is 1.82 bits per heavy atom. The number of rotatable bonds is 4. The molecule has 0 unspecified atom stereocenters. The summed E-state index contributed by atoms with van der Waals surface area (Å²) in [6.07, 6.45) is 3.78. The van der Waals surface area contributed by atoms with Crippen LogP contribution in [0.2, 0.25) is 0 Å². The van der Waals surface area contributed by atoms with Crippen LogP contribution >= 0.6 is 11.9 Å². The van der Waals surface area contributed by atoms with Gasteiger partial charge >= 0.3 is 0 Å². The topological polar surface area (TPSA) is 21.1 Å². The minimum absolute atomic E-state index is 0.0196. The van der Waals surface area contributed by atoms with Gasteiger partial charge in [-0.3, -0.25) is 0 Å². The van der Waals surface area contributed by atoms with Gasteiger partial charge in [-0.25, -0.2) is 18.1 Å². The minimum Gasteiger partial charge on any atom is -0.327 e. The Balaban J connectivity index is 1.61. The molecule has 0 spiro atoms. The van der Waals surface area contributed by atoms with Crippen LogP contribution in [0.4, 0.5) is 8.78 Å². The molecule has 0 amide bonds. The number of hydrogen-bond acceptors (Lipinski definition) is 3. The predicted octanol–water partition coefficient (Wildman–Crippen LogP) is 6.26. The number of fused-ring (bicyclic) bond motifs is 1. The predicted molar refractivity (Wildman–Crippen MR) is 112 cm³/mol. The van der Waals surface area contributed by atoms with E-state index in [0.717, 1.165) is 36.5 Å². The van der Waals surface area contributed by atoms with E-state index in [1.807, 2.05) is 11.9 Å².